The number of hydrogen-bond acceptors (Lipinski definition) is 5. The number of nitro groups is 1. The van der Waals surface area contributed by atoms with E-state index in [9.17, 15) is 10.1 Å². The maximum atomic E-state index is 10.7. The summed E-state index contributed by atoms with van der Waals surface area (Å²) in [4.78, 5) is 10.3. The number of methoxy groups -OCH3 is 1. The third-order valence-electron chi connectivity index (χ3n) is 2.42. The van der Waals surface area contributed by atoms with Crippen molar-refractivity contribution in [2.45, 2.75) is 5.37 Å². The van der Waals surface area contributed by atoms with Crippen LogP contribution in [0.1, 0.15) is 10.9 Å². The fourth-order valence-corrected chi connectivity index (χ4v) is 2.74. The van der Waals surface area contributed by atoms with E-state index in [2.05, 4.69) is 5.32 Å². The average Bonchev–Trinajstić information content (AvgIpc) is 2.81. The molecule has 1 heterocycles. The van der Waals surface area contributed by atoms with Gasteiger partial charge in [0.05, 0.1) is 17.4 Å². The molecule has 1 unspecified atom stereocenters. The molecular formula is C10H12N2O3S. The van der Waals surface area contributed by atoms with Crippen LogP contribution in [0.25, 0.3) is 0 Å². The van der Waals surface area contributed by atoms with Gasteiger partial charge in [0.2, 0.25) is 0 Å². The highest BCUT2D eigenvalue weighted by molar-refractivity contribution is 7.99. The molecule has 1 atom stereocenters. The van der Waals surface area contributed by atoms with Crippen LogP contribution in [-0.2, 0) is 0 Å². The summed E-state index contributed by atoms with van der Waals surface area (Å²) in [5.74, 6) is 1.70. The molecule has 1 N–H and O–H groups in total. The quantitative estimate of drug-likeness (QED) is 0.646. The van der Waals surface area contributed by atoms with E-state index in [1.807, 2.05) is 0 Å². The minimum atomic E-state index is -0.386. The fraction of sp³-hybridized carbons (Fsp3) is 0.400. The number of ether oxygens (including phenoxy) is 1. The van der Waals surface area contributed by atoms with Gasteiger partial charge in [-0.1, -0.05) is 0 Å². The molecule has 1 aliphatic rings. The van der Waals surface area contributed by atoms with Crippen molar-refractivity contribution in [1.82, 2.24) is 5.32 Å². The van der Waals surface area contributed by atoms with Gasteiger partial charge in [-0.05, 0) is 6.07 Å². The summed E-state index contributed by atoms with van der Waals surface area (Å²) in [7, 11) is 1.57. The van der Waals surface area contributed by atoms with Crippen molar-refractivity contribution >= 4 is 17.4 Å². The van der Waals surface area contributed by atoms with Gasteiger partial charge in [-0.25, -0.2) is 0 Å². The van der Waals surface area contributed by atoms with Crippen LogP contribution in [0.5, 0.6) is 5.75 Å². The van der Waals surface area contributed by atoms with Gasteiger partial charge in [0.25, 0.3) is 5.69 Å². The molecule has 0 amide bonds. The van der Waals surface area contributed by atoms with Crippen molar-refractivity contribution in [3.63, 3.8) is 0 Å². The summed E-state index contributed by atoms with van der Waals surface area (Å²) in [6.45, 7) is 0.918. The first-order valence-corrected chi connectivity index (χ1v) is 5.94. The van der Waals surface area contributed by atoms with Crippen molar-refractivity contribution in [2.24, 2.45) is 0 Å². The summed E-state index contributed by atoms with van der Waals surface area (Å²) < 4.78 is 5.22. The van der Waals surface area contributed by atoms with E-state index in [1.54, 1.807) is 31.0 Å². The molecule has 1 fully saturated rings. The molecule has 1 aromatic carbocycles. The van der Waals surface area contributed by atoms with Gasteiger partial charge in [0.1, 0.15) is 5.75 Å². The van der Waals surface area contributed by atoms with E-state index < -0.39 is 0 Å². The van der Waals surface area contributed by atoms with E-state index in [0.717, 1.165) is 17.9 Å². The monoisotopic (exact) mass is 240 g/mol. The molecule has 1 aliphatic heterocycles. The number of hydrogen-bond donors (Lipinski definition) is 1. The Morgan fingerprint density at radius 3 is 3.00 bits per heavy atom. The molecule has 0 aromatic heterocycles. The van der Waals surface area contributed by atoms with Crippen molar-refractivity contribution in [3.8, 4) is 5.75 Å². The molecular weight excluding hydrogens is 228 g/mol. The first-order chi connectivity index (χ1) is 7.72. The predicted octanol–water partition coefficient (Wildman–Crippen LogP) is 1.94. The number of non-ortho nitro benzene ring substituents is 1. The van der Waals surface area contributed by atoms with E-state index in [0.29, 0.717) is 5.75 Å². The summed E-state index contributed by atoms with van der Waals surface area (Å²) in [5, 5.41) is 14.1. The number of benzene rings is 1. The Bertz CT molecular complexity index is 405. The average molecular weight is 240 g/mol. The van der Waals surface area contributed by atoms with Gasteiger partial charge in [-0.3, -0.25) is 10.1 Å². The lowest BCUT2D eigenvalue weighted by atomic mass is 10.1. The summed E-state index contributed by atoms with van der Waals surface area (Å²) in [6.07, 6.45) is 0. The van der Waals surface area contributed by atoms with Crippen LogP contribution in [0.4, 0.5) is 5.69 Å². The zero-order chi connectivity index (χ0) is 11.5. The second-order valence-electron chi connectivity index (χ2n) is 3.39. The normalized spacial score (nSPS) is 19.7. The number of nitro benzene ring substituents is 1. The first-order valence-electron chi connectivity index (χ1n) is 4.89. The highest BCUT2D eigenvalue weighted by Gasteiger charge is 2.22. The van der Waals surface area contributed by atoms with Crippen LogP contribution in [-0.4, -0.2) is 24.3 Å². The van der Waals surface area contributed by atoms with Crippen LogP contribution in [0, 0.1) is 10.1 Å². The van der Waals surface area contributed by atoms with Crippen molar-refractivity contribution in [1.29, 1.82) is 0 Å². The molecule has 86 valence electrons. The Hall–Kier alpha value is -1.27. The molecule has 0 spiro atoms. The van der Waals surface area contributed by atoms with Crippen LogP contribution >= 0.6 is 11.8 Å². The second kappa shape index (κ2) is 4.71. The number of thioether (sulfide) groups is 1. The lowest BCUT2D eigenvalue weighted by Crippen LogP contribution is -2.13. The van der Waals surface area contributed by atoms with Gasteiger partial charge in [-0.15, -0.1) is 11.8 Å². The van der Waals surface area contributed by atoms with E-state index in [-0.39, 0.29) is 16.0 Å². The van der Waals surface area contributed by atoms with Crippen molar-refractivity contribution < 1.29 is 9.66 Å². The Balaban J connectivity index is 2.38. The molecule has 2 rings (SSSR count). The van der Waals surface area contributed by atoms with E-state index >= 15 is 0 Å². The molecule has 0 aliphatic carbocycles. The van der Waals surface area contributed by atoms with Gasteiger partial charge in [0.15, 0.2) is 0 Å². The predicted molar refractivity (Wildman–Crippen MR) is 62.9 cm³/mol. The first kappa shape index (κ1) is 11.2. The summed E-state index contributed by atoms with van der Waals surface area (Å²) >= 11 is 1.73. The largest absolute Gasteiger partial charge is 0.496 e. The molecule has 1 aromatic rings. The molecule has 0 radical (unpaired) electrons. The smallest absolute Gasteiger partial charge is 0.270 e. The Labute approximate surface area is 97.3 Å². The SMILES string of the molecule is COc1ccc([N+](=O)[O-])cc1C1NCCS1. The Morgan fingerprint density at radius 1 is 1.62 bits per heavy atom. The number of nitrogens with one attached hydrogen (secondary N) is 1. The molecule has 5 nitrogen and oxygen atoms in total. The van der Waals surface area contributed by atoms with E-state index in [1.165, 1.54) is 6.07 Å². The molecule has 16 heavy (non-hydrogen) atoms. The minimum absolute atomic E-state index is 0.0925. The number of rotatable bonds is 3. The lowest BCUT2D eigenvalue weighted by molar-refractivity contribution is -0.384. The minimum Gasteiger partial charge on any atom is -0.496 e. The topological polar surface area (TPSA) is 64.4 Å². The van der Waals surface area contributed by atoms with Gasteiger partial charge in [0, 0.05) is 30.0 Å². The molecule has 1 saturated heterocycles. The van der Waals surface area contributed by atoms with Gasteiger partial charge in [-0.2, -0.15) is 0 Å². The summed E-state index contributed by atoms with van der Waals surface area (Å²) in [6, 6.07) is 4.69. The zero-order valence-electron chi connectivity index (χ0n) is 8.80. The number of nitrogens with zero attached hydrogens (tertiary/aromatic N) is 1. The summed E-state index contributed by atoms with van der Waals surface area (Å²) in [5.41, 5.74) is 0.948. The highest BCUT2D eigenvalue weighted by atomic mass is 32.2. The third kappa shape index (κ3) is 2.12. The van der Waals surface area contributed by atoms with Crippen LogP contribution in [0.3, 0.4) is 0 Å². The second-order valence-corrected chi connectivity index (χ2v) is 4.60. The van der Waals surface area contributed by atoms with Crippen LogP contribution in [0.2, 0.25) is 0 Å². The van der Waals surface area contributed by atoms with Crippen molar-refractivity contribution in [3.05, 3.63) is 33.9 Å². The van der Waals surface area contributed by atoms with E-state index in [4.69, 9.17) is 4.74 Å². The van der Waals surface area contributed by atoms with Crippen LogP contribution < -0.4 is 10.1 Å². The maximum Gasteiger partial charge on any atom is 0.270 e. The Kier molecular flexibility index (Phi) is 3.31. The van der Waals surface area contributed by atoms with Crippen LogP contribution in [0.15, 0.2) is 18.2 Å². The fourth-order valence-electron chi connectivity index (χ4n) is 1.67. The maximum absolute atomic E-state index is 10.7. The molecule has 6 heteroatoms. The zero-order valence-corrected chi connectivity index (χ0v) is 9.62. The van der Waals surface area contributed by atoms with Gasteiger partial charge < -0.3 is 10.1 Å². The van der Waals surface area contributed by atoms with Gasteiger partial charge >= 0.3 is 0 Å². The lowest BCUT2D eigenvalue weighted by Gasteiger charge is -2.13. The standard InChI is InChI=1S/C10H12N2O3S/c1-15-9-3-2-7(12(13)14)6-8(9)10-11-4-5-16-10/h2-3,6,10-11H,4-5H2,1H3. The molecule has 0 bridgehead atoms. The van der Waals surface area contributed by atoms with Crippen molar-refractivity contribution in [2.75, 3.05) is 19.4 Å². The third-order valence-corrected chi connectivity index (χ3v) is 3.62. The molecule has 0 saturated carbocycles. The Morgan fingerprint density at radius 2 is 2.44 bits per heavy atom. The highest BCUT2D eigenvalue weighted by Crippen LogP contribution is 2.37.